The fraction of sp³-hybridized carbons (Fsp3) is 0.259. The zero-order valence-corrected chi connectivity index (χ0v) is 19.4. The average Bonchev–Trinajstić information content (AvgIpc) is 2.82. The Labute approximate surface area is 201 Å². The molecule has 3 aromatic rings. The van der Waals surface area contributed by atoms with E-state index in [9.17, 15) is 22.8 Å². The number of halogens is 3. The van der Waals surface area contributed by atoms with Crippen molar-refractivity contribution in [2.45, 2.75) is 39.0 Å². The highest BCUT2D eigenvalue weighted by molar-refractivity contribution is 5.94. The van der Waals surface area contributed by atoms with Gasteiger partial charge in [0.2, 0.25) is 0 Å². The fourth-order valence-electron chi connectivity index (χ4n) is 3.71. The summed E-state index contributed by atoms with van der Waals surface area (Å²) in [7, 11) is 0. The second-order valence-electron chi connectivity index (χ2n) is 8.06. The van der Waals surface area contributed by atoms with Crippen molar-refractivity contribution < 1.29 is 32.6 Å². The molecule has 1 amide bonds. The minimum absolute atomic E-state index is 0.00386. The molecule has 0 aliphatic heterocycles. The van der Waals surface area contributed by atoms with E-state index < -0.39 is 29.7 Å². The van der Waals surface area contributed by atoms with Gasteiger partial charge >= 0.3 is 12.1 Å². The first kappa shape index (κ1) is 25.8. The van der Waals surface area contributed by atoms with Crippen LogP contribution < -0.4 is 10.1 Å². The maximum Gasteiger partial charge on any atom is 0.417 e. The molecule has 0 saturated carbocycles. The molecule has 3 aromatic carbocycles. The van der Waals surface area contributed by atoms with E-state index >= 15 is 0 Å². The molecule has 35 heavy (non-hydrogen) atoms. The Morgan fingerprint density at radius 1 is 1.03 bits per heavy atom. The number of carboxylic acid groups (broad SMARTS) is 1. The Kier molecular flexibility index (Phi) is 8.17. The first-order valence-electron chi connectivity index (χ1n) is 11.1. The molecule has 0 fully saturated rings. The molecular formula is C27H26F3NO4. The van der Waals surface area contributed by atoms with Gasteiger partial charge in [0.05, 0.1) is 12.0 Å². The van der Waals surface area contributed by atoms with Gasteiger partial charge in [0.1, 0.15) is 11.9 Å². The molecule has 8 heteroatoms. The van der Waals surface area contributed by atoms with E-state index in [0.29, 0.717) is 34.4 Å². The Bertz CT molecular complexity index is 1190. The second-order valence-corrected chi connectivity index (χ2v) is 8.06. The number of carbonyl (C=O) groups excluding carboxylic acids is 1. The molecule has 3 rings (SSSR count). The highest BCUT2D eigenvalue weighted by atomic mass is 19.4. The molecular weight excluding hydrogens is 459 g/mol. The van der Waals surface area contributed by atoms with Crippen LogP contribution in [0.2, 0.25) is 0 Å². The zero-order chi connectivity index (χ0) is 25.6. The molecule has 5 nitrogen and oxygen atoms in total. The van der Waals surface area contributed by atoms with Gasteiger partial charge in [-0.15, -0.1) is 0 Å². The van der Waals surface area contributed by atoms with Crippen molar-refractivity contribution in [3.63, 3.8) is 0 Å². The van der Waals surface area contributed by atoms with Crippen molar-refractivity contribution >= 4 is 11.9 Å². The van der Waals surface area contributed by atoms with E-state index in [4.69, 9.17) is 9.84 Å². The van der Waals surface area contributed by atoms with E-state index in [-0.39, 0.29) is 18.5 Å². The molecule has 0 saturated heterocycles. The van der Waals surface area contributed by atoms with Crippen LogP contribution in [-0.4, -0.2) is 23.5 Å². The smallest absolute Gasteiger partial charge is 0.417 e. The predicted molar refractivity (Wildman–Crippen MR) is 126 cm³/mol. The molecule has 1 atom stereocenters. The zero-order valence-electron chi connectivity index (χ0n) is 19.4. The van der Waals surface area contributed by atoms with Gasteiger partial charge < -0.3 is 15.2 Å². The van der Waals surface area contributed by atoms with E-state index in [1.165, 1.54) is 12.1 Å². The SMILES string of the molecule is CCC(Oc1ccc(C(=O)NCCC(=O)O)cc1C)c1ccc(-c2ccccc2)c(C(F)(F)F)c1. The summed E-state index contributed by atoms with van der Waals surface area (Å²) in [6.07, 6.45) is -4.92. The lowest BCUT2D eigenvalue weighted by Gasteiger charge is -2.22. The quantitative estimate of drug-likeness (QED) is 0.367. The first-order chi connectivity index (χ1) is 16.6. The van der Waals surface area contributed by atoms with Gasteiger partial charge in [0.25, 0.3) is 5.91 Å². The minimum atomic E-state index is -4.54. The lowest BCUT2D eigenvalue weighted by atomic mass is 9.95. The van der Waals surface area contributed by atoms with Crippen molar-refractivity contribution in [1.82, 2.24) is 5.32 Å². The van der Waals surface area contributed by atoms with Crippen molar-refractivity contribution in [2.75, 3.05) is 6.54 Å². The second kappa shape index (κ2) is 11.1. The van der Waals surface area contributed by atoms with Crippen molar-refractivity contribution in [3.05, 3.63) is 89.0 Å². The number of hydrogen-bond donors (Lipinski definition) is 2. The van der Waals surface area contributed by atoms with Crippen LogP contribution in [0.1, 0.15) is 52.9 Å². The fourth-order valence-corrected chi connectivity index (χ4v) is 3.71. The number of carbonyl (C=O) groups is 2. The molecule has 1 unspecified atom stereocenters. The highest BCUT2D eigenvalue weighted by Gasteiger charge is 2.34. The van der Waals surface area contributed by atoms with Crippen molar-refractivity contribution in [3.8, 4) is 16.9 Å². The monoisotopic (exact) mass is 485 g/mol. The van der Waals surface area contributed by atoms with Gasteiger partial charge in [0.15, 0.2) is 0 Å². The minimum Gasteiger partial charge on any atom is -0.485 e. The van der Waals surface area contributed by atoms with Crippen molar-refractivity contribution in [2.24, 2.45) is 0 Å². The molecule has 0 bridgehead atoms. The third-order valence-electron chi connectivity index (χ3n) is 5.51. The highest BCUT2D eigenvalue weighted by Crippen LogP contribution is 2.39. The van der Waals surface area contributed by atoms with Crippen LogP contribution in [0.4, 0.5) is 13.2 Å². The Morgan fingerprint density at radius 2 is 1.74 bits per heavy atom. The summed E-state index contributed by atoms with van der Waals surface area (Å²) in [5.41, 5.74) is 1.22. The largest absolute Gasteiger partial charge is 0.485 e. The molecule has 0 heterocycles. The third kappa shape index (κ3) is 6.62. The van der Waals surface area contributed by atoms with Crippen LogP contribution in [0.3, 0.4) is 0 Å². The predicted octanol–water partition coefficient (Wildman–Crippen LogP) is 6.42. The normalized spacial score (nSPS) is 12.1. The molecule has 2 N–H and O–H groups in total. The molecule has 0 spiro atoms. The van der Waals surface area contributed by atoms with E-state index in [1.54, 1.807) is 55.5 Å². The summed E-state index contributed by atoms with van der Waals surface area (Å²) in [6.45, 7) is 3.56. The third-order valence-corrected chi connectivity index (χ3v) is 5.51. The average molecular weight is 486 g/mol. The number of aliphatic carboxylic acids is 1. The number of alkyl halides is 3. The number of carboxylic acids is 1. The first-order valence-corrected chi connectivity index (χ1v) is 11.1. The van der Waals surface area contributed by atoms with E-state index in [2.05, 4.69) is 5.32 Å². The standard InChI is InChI=1S/C27H26F3NO4/c1-3-23(35-24-12-10-20(15-17(24)2)26(34)31-14-13-25(32)33)19-9-11-21(18-7-5-4-6-8-18)22(16-19)27(28,29)30/h4-12,15-16,23H,3,13-14H2,1-2H3,(H,31,34)(H,32,33). The number of aryl methyl sites for hydroxylation is 1. The summed E-state index contributed by atoms with van der Waals surface area (Å²) in [6, 6.07) is 17.4. The summed E-state index contributed by atoms with van der Waals surface area (Å²) in [5.74, 6) is -0.986. The van der Waals surface area contributed by atoms with Crippen LogP contribution in [0.25, 0.3) is 11.1 Å². The summed E-state index contributed by atoms with van der Waals surface area (Å²) >= 11 is 0. The maximum atomic E-state index is 13.9. The number of rotatable bonds is 9. The molecule has 0 radical (unpaired) electrons. The molecule has 0 aromatic heterocycles. The topological polar surface area (TPSA) is 75.6 Å². The number of hydrogen-bond acceptors (Lipinski definition) is 3. The van der Waals surface area contributed by atoms with Crippen LogP contribution in [0, 0.1) is 6.92 Å². The van der Waals surface area contributed by atoms with Gasteiger partial charge in [-0.1, -0.05) is 49.4 Å². The Hall–Kier alpha value is -3.81. The number of benzene rings is 3. The molecule has 184 valence electrons. The summed E-state index contributed by atoms with van der Waals surface area (Å²) in [5, 5.41) is 11.2. The maximum absolute atomic E-state index is 13.9. The molecule has 0 aliphatic carbocycles. The van der Waals surface area contributed by atoms with Crippen molar-refractivity contribution in [1.29, 1.82) is 0 Å². The summed E-state index contributed by atoms with van der Waals surface area (Å²) in [4.78, 5) is 22.8. The number of ether oxygens (including phenoxy) is 1. The van der Waals surface area contributed by atoms with Crippen LogP contribution in [0.15, 0.2) is 66.7 Å². The van der Waals surface area contributed by atoms with E-state index in [1.807, 2.05) is 6.92 Å². The van der Waals surface area contributed by atoms with Crippen LogP contribution in [-0.2, 0) is 11.0 Å². The van der Waals surface area contributed by atoms with Gasteiger partial charge in [-0.25, -0.2) is 0 Å². The number of nitrogens with one attached hydrogen (secondary N) is 1. The van der Waals surface area contributed by atoms with Gasteiger partial charge in [-0.2, -0.15) is 13.2 Å². The van der Waals surface area contributed by atoms with Crippen LogP contribution >= 0.6 is 0 Å². The number of amides is 1. The Morgan fingerprint density at radius 3 is 2.34 bits per heavy atom. The lowest BCUT2D eigenvalue weighted by molar-refractivity contribution is -0.137. The van der Waals surface area contributed by atoms with Gasteiger partial charge in [0, 0.05) is 12.1 Å². The van der Waals surface area contributed by atoms with Crippen LogP contribution in [0.5, 0.6) is 5.75 Å². The lowest BCUT2D eigenvalue weighted by Crippen LogP contribution is -2.26. The van der Waals surface area contributed by atoms with E-state index in [0.717, 1.165) is 6.07 Å². The summed E-state index contributed by atoms with van der Waals surface area (Å²) < 4.78 is 47.8. The van der Waals surface area contributed by atoms with Gasteiger partial charge in [-0.05, 0) is 59.9 Å². The van der Waals surface area contributed by atoms with Gasteiger partial charge in [-0.3, -0.25) is 9.59 Å². The Balaban J connectivity index is 1.84. The molecule has 0 aliphatic rings.